The van der Waals surface area contributed by atoms with Crippen molar-refractivity contribution < 1.29 is 5.11 Å². The van der Waals surface area contributed by atoms with E-state index < -0.39 is 0 Å². The standard InChI is InChI=1S/C17H26N4OS/c1-13-6-8-14(9-7-13)17(2,3)11-19(4)12-21-16(23)20(5)15(10-22)18-21/h6-9,22H,10-12H2,1-5H3. The van der Waals surface area contributed by atoms with Crippen LogP contribution in [0.25, 0.3) is 0 Å². The van der Waals surface area contributed by atoms with Crippen molar-refractivity contribution in [3.05, 3.63) is 46.0 Å². The lowest BCUT2D eigenvalue weighted by atomic mass is 9.84. The summed E-state index contributed by atoms with van der Waals surface area (Å²) in [5.74, 6) is 0.584. The fourth-order valence-electron chi connectivity index (χ4n) is 2.81. The van der Waals surface area contributed by atoms with Crippen molar-refractivity contribution in [3.63, 3.8) is 0 Å². The summed E-state index contributed by atoms with van der Waals surface area (Å²) in [6.07, 6.45) is 0. The van der Waals surface area contributed by atoms with E-state index in [0.717, 1.165) is 6.54 Å². The third kappa shape index (κ3) is 4.07. The molecule has 0 aliphatic rings. The molecule has 6 heteroatoms. The van der Waals surface area contributed by atoms with Crippen LogP contribution in [-0.2, 0) is 25.7 Å². The van der Waals surface area contributed by atoms with Gasteiger partial charge < -0.3 is 9.67 Å². The minimum absolute atomic E-state index is 0.0270. The van der Waals surface area contributed by atoms with E-state index in [9.17, 15) is 5.11 Å². The summed E-state index contributed by atoms with van der Waals surface area (Å²) in [5.41, 5.74) is 2.61. The minimum Gasteiger partial charge on any atom is -0.388 e. The summed E-state index contributed by atoms with van der Waals surface area (Å²) >= 11 is 5.37. The van der Waals surface area contributed by atoms with Gasteiger partial charge in [-0.3, -0.25) is 4.90 Å². The van der Waals surface area contributed by atoms with Crippen molar-refractivity contribution in [3.8, 4) is 0 Å². The monoisotopic (exact) mass is 334 g/mol. The van der Waals surface area contributed by atoms with Crippen LogP contribution >= 0.6 is 12.2 Å². The van der Waals surface area contributed by atoms with Gasteiger partial charge in [0.05, 0.1) is 6.67 Å². The summed E-state index contributed by atoms with van der Waals surface area (Å²) in [4.78, 5) is 2.20. The third-order valence-electron chi connectivity index (χ3n) is 4.15. The Balaban J connectivity index is 2.11. The molecule has 0 bridgehead atoms. The molecule has 0 radical (unpaired) electrons. The van der Waals surface area contributed by atoms with Gasteiger partial charge in [0.1, 0.15) is 6.61 Å². The Kier molecular flexibility index (Phi) is 5.39. The molecular formula is C17H26N4OS. The number of hydrogen-bond acceptors (Lipinski definition) is 4. The van der Waals surface area contributed by atoms with Gasteiger partial charge in [0.15, 0.2) is 10.6 Å². The van der Waals surface area contributed by atoms with Crippen LogP contribution in [0.1, 0.15) is 30.8 Å². The van der Waals surface area contributed by atoms with Gasteiger partial charge in [0.2, 0.25) is 0 Å². The van der Waals surface area contributed by atoms with Gasteiger partial charge in [-0.15, -0.1) is 0 Å². The number of aromatic nitrogens is 3. The highest BCUT2D eigenvalue weighted by Crippen LogP contribution is 2.24. The molecule has 1 N–H and O–H groups in total. The van der Waals surface area contributed by atoms with Crippen LogP contribution in [0.2, 0.25) is 0 Å². The van der Waals surface area contributed by atoms with Crippen LogP contribution in [0.3, 0.4) is 0 Å². The van der Waals surface area contributed by atoms with E-state index in [2.05, 4.69) is 62.1 Å². The lowest BCUT2D eigenvalue weighted by Gasteiger charge is -2.30. The van der Waals surface area contributed by atoms with Gasteiger partial charge >= 0.3 is 0 Å². The van der Waals surface area contributed by atoms with E-state index in [4.69, 9.17) is 12.2 Å². The molecule has 0 saturated carbocycles. The summed E-state index contributed by atoms with van der Waals surface area (Å²) in [7, 11) is 3.89. The molecule has 2 rings (SSSR count). The normalized spacial score (nSPS) is 12.1. The van der Waals surface area contributed by atoms with Crippen LogP contribution in [0.4, 0.5) is 0 Å². The first-order chi connectivity index (χ1) is 10.7. The van der Waals surface area contributed by atoms with Gasteiger partial charge in [-0.05, 0) is 31.8 Å². The van der Waals surface area contributed by atoms with E-state index in [1.165, 1.54) is 11.1 Å². The van der Waals surface area contributed by atoms with Gasteiger partial charge in [-0.1, -0.05) is 43.7 Å². The maximum atomic E-state index is 9.29. The number of benzene rings is 1. The first-order valence-electron chi connectivity index (χ1n) is 7.74. The van der Waals surface area contributed by atoms with Crippen LogP contribution in [0.5, 0.6) is 0 Å². The second kappa shape index (κ2) is 6.95. The lowest BCUT2D eigenvalue weighted by Crippen LogP contribution is -2.36. The van der Waals surface area contributed by atoms with Crippen LogP contribution < -0.4 is 0 Å². The summed E-state index contributed by atoms with van der Waals surface area (Å²) in [6.45, 7) is 7.96. The van der Waals surface area contributed by atoms with E-state index in [-0.39, 0.29) is 12.0 Å². The Morgan fingerprint density at radius 2 is 1.87 bits per heavy atom. The molecule has 0 unspecified atom stereocenters. The Hall–Kier alpha value is -1.50. The molecule has 2 aromatic rings. The Labute approximate surface area is 143 Å². The molecule has 0 atom stereocenters. The lowest BCUT2D eigenvalue weighted by molar-refractivity contribution is 0.206. The SMILES string of the molecule is Cc1ccc(C(C)(C)CN(C)Cn2nc(CO)n(C)c2=S)cc1. The molecule has 0 aliphatic heterocycles. The molecule has 1 heterocycles. The highest BCUT2D eigenvalue weighted by Gasteiger charge is 2.23. The quantitative estimate of drug-likeness (QED) is 0.825. The predicted octanol–water partition coefficient (Wildman–Crippen LogP) is 2.62. The minimum atomic E-state index is -0.105. The van der Waals surface area contributed by atoms with Crippen molar-refractivity contribution in [2.75, 3.05) is 13.6 Å². The molecule has 0 aliphatic carbocycles. The molecule has 0 saturated heterocycles. The maximum Gasteiger partial charge on any atom is 0.198 e. The van der Waals surface area contributed by atoms with Gasteiger partial charge in [-0.2, -0.15) is 5.10 Å². The van der Waals surface area contributed by atoms with Gasteiger partial charge in [0, 0.05) is 19.0 Å². The number of likely N-dealkylation sites (N-methyl/N-ethyl adjacent to an activating group) is 1. The zero-order chi connectivity index (χ0) is 17.2. The fraction of sp³-hybridized carbons (Fsp3) is 0.529. The first kappa shape index (κ1) is 17.8. The topological polar surface area (TPSA) is 46.2 Å². The molecule has 1 aromatic carbocycles. The van der Waals surface area contributed by atoms with Gasteiger partial charge in [0.25, 0.3) is 0 Å². The van der Waals surface area contributed by atoms with Crippen molar-refractivity contribution >= 4 is 12.2 Å². The molecule has 0 fully saturated rings. The Bertz CT molecular complexity index is 715. The largest absolute Gasteiger partial charge is 0.388 e. The molecule has 0 amide bonds. The molecule has 23 heavy (non-hydrogen) atoms. The van der Waals surface area contributed by atoms with E-state index >= 15 is 0 Å². The number of rotatable bonds is 6. The smallest absolute Gasteiger partial charge is 0.198 e. The average molecular weight is 334 g/mol. The van der Waals surface area contributed by atoms with Crippen LogP contribution in [-0.4, -0.2) is 37.9 Å². The van der Waals surface area contributed by atoms with E-state index in [1.807, 2.05) is 7.05 Å². The summed E-state index contributed by atoms with van der Waals surface area (Å²) in [5, 5.41) is 13.7. The molecule has 1 aromatic heterocycles. The summed E-state index contributed by atoms with van der Waals surface area (Å²) < 4.78 is 4.12. The average Bonchev–Trinajstić information content (AvgIpc) is 2.75. The van der Waals surface area contributed by atoms with Crippen LogP contribution in [0, 0.1) is 11.7 Å². The second-order valence-electron chi connectivity index (χ2n) is 6.82. The Morgan fingerprint density at radius 1 is 1.26 bits per heavy atom. The highest BCUT2D eigenvalue weighted by atomic mass is 32.1. The van der Waals surface area contributed by atoms with Crippen molar-refractivity contribution in [1.29, 1.82) is 0 Å². The van der Waals surface area contributed by atoms with Crippen molar-refractivity contribution in [2.45, 2.75) is 39.5 Å². The summed E-state index contributed by atoms with van der Waals surface area (Å²) in [6, 6.07) is 8.69. The van der Waals surface area contributed by atoms with Crippen molar-refractivity contribution in [2.24, 2.45) is 7.05 Å². The van der Waals surface area contributed by atoms with Crippen LogP contribution in [0.15, 0.2) is 24.3 Å². The van der Waals surface area contributed by atoms with Crippen molar-refractivity contribution in [1.82, 2.24) is 19.2 Å². The maximum absolute atomic E-state index is 9.29. The van der Waals surface area contributed by atoms with E-state index in [1.54, 1.807) is 9.25 Å². The van der Waals surface area contributed by atoms with Gasteiger partial charge in [-0.25, -0.2) is 4.68 Å². The second-order valence-corrected chi connectivity index (χ2v) is 7.19. The Morgan fingerprint density at radius 3 is 2.39 bits per heavy atom. The first-order valence-corrected chi connectivity index (χ1v) is 8.14. The molecule has 0 spiro atoms. The third-order valence-corrected chi connectivity index (χ3v) is 4.63. The number of aliphatic hydroxyl groups is 1. The van der Waals surface area contributed by atoms with E-state index in [0.29, 0.717) is 17.3 Å². The number of nitrogens with zero attached hydrogens (tertiary/aromatic N) is 4. The predicted molar refractivity (Wildman–Crippen MR) is 94.8 cm³/mol. The number of aryl methyl sites for hydroxylation is 1. The fourth-order valence-corrected chi connectivity index (χ4v) is 3.02. The number of aliphatic hydroxyl groups excluding tert-OH is 1. The molecule has 126 valence electrons. The highest BCUT2D eigenvalue weighted by molar-refractivity contribution is 7.71. The molecular weight excluding hydrogens is 308 g/mol. The zero-order valence-electron chi connectivity index (χ0n) is 14.6. The number of hydrogen-bond donors (Lipinski definition) is 1. The zero-order valence-corrected chi connectivity index (χ0v) is 15.4. The molecule has 5 nitrogen and oxygen atoms in total.